The Hall–Kier alpha value is -1.62. The summed E-state index contributed by atoms with van der Waals surface area (Å²) in [5, 5.41) is 20.1. The molecule has 0 amide bonds. The molecule has 0 spiro atoms. The molecule has 0 bridgehead atoms. The van der Waals surface area contributed by atoms with Crippen molar-refractivity contribution in [3.05, 3.63) is 23.9 Å². The number of fused-ring (bicyclic) bond motifs is 1. The lowest BCUT2D eigenvalue weighted by Crippen LogP contribution is -2.38. The van der Waals surface area contributed by atoms with Crippen molar-refractivity contribution in [3.63, 3.8) is 0 Å². The van der Waals surface area contributed by atoms with Gasteiger partial charge >= 0.3 is 5.97 Å². The molecule has 1 fully saturated rings. The number of carboxylic acids is 1. The van der Waals surface area contributed by atoms with E-state index in [1.54, 1.807) is 18.2 Å². The molecule has 2 aromatic rings. The molecule has 100 valence electrons. The lowest BCUT2D eigenvalue weighted by molar-refractivity contribution is -0.145. The molecule has 19 heavy (non-hydrogen) atoms. The number of phenols is 1. The van der Waals surface area contributed by atoms with Crippen molar-refractivity contribution < 1.29 is 15.0 Å². The number of benzene rings is 1. The van der Waals surface area contributed by atoms with Crippen molar-refractivity contribution in [2.75, 3.05) is 0 Å². The first-order valence-electron chi connectivity index (χ1n) is 6.46. The molecule has 1 heterocycles. The van der Waals surface area contributed by atoms with Gasteiger partial charge in [-0.25, -0.2) is 0 Å². The number of aliphatic carboxylic acids is 1. The SMILES string of the molecule is O=C(O)C1(c2nsc3ccc(O)cc23)CCCCC1. The lowest BCUT2D eigenvalue weighted by atomic mass is 9.71. The van der Waals surface area contributed by atoms with Crippen LogP contribution in [-0.2, 0) is 10.2 Å². The minimum atomic E-state index is -0.871. The summed E-state index contributed by atoms with van der Waals surface area (Å²) >= 11 is 1.31. The number of hydrogen-bond acceptors (Lipinski definition) is 4. The number of hydrogen-bond donors (Lipinski definition) is 2. The van der Waals surface area contributed by atoms with Crippen LogP contribution in [0, 0.1) is 0 Å². The highest BCUT2D eigenvalue weighted by molar-refractivity contribution is 7.13. The van der Waals surface area contributed by atoms with Crippen molar-refractivity contribution in [3.8, 4) is 5.75 Å². The molecule has 0 atom stereocenters. The first-order valence-corrected chi connectivity index (χ1v) is 7.23. The van der Waals surface area contributed by atoms with Crippen LogP contribution in [0.15, 0.2) is 18.2 Å². The van der Waals surface area contributed by atoms with Gasteiger partial charge in [-0.15, -0.1) is 0 Å². The van der Waals surface area contributed by atoms with Gasteiger partial charge in [0.1, 0.15) is 11.2 Å². The third kappa shape index (κ3) is 1.89. The predicted molar refractivity (Wildman–Crippen MR) is 73.7 cm³/mol. The standard InChI is InChI=1S/C14H15NO3S/c16-9-4-5-11-10(8-9)12(15-19-11)14(13(17)18)6-2-1-3-7-14/h4-5,8,16H,1-3,6-7H2,(H,17,18). The molecule has 1 aliphatic rings. The van der Waals surface area contributed by atoms with E-state index in [-0.39, 0.29) is 5.75 Å². The van der Waals surface area contributed by atoms with Gasteiger partial charge in [0.05, 0.1) is 10.4 Å². The Morgan fingerprint density at radius 3 is 2.68 bits per heavy atom. The van der Waals surface area contributed by atoms with Gasteiger partial charge in [0.25, 0.3) is 0 Å². The van der Waals surface area contributed by atoms with Crippen LogP contribution in [-0.4, -0.2) is 20.6 Å². The predicted octanol–water partition coefficient (Wildman–Crippen LogP) is 3.29. The Labute approximate surface area is 114 Å². The molecular weight excluding hydrogens is 262 g/mol. The van der Waals surface area contributed by atoms with E-state index in [0.717, 1.165) is 29.3 Å². The third-order valence-corrected chi connectivity index (χ3v) is 4.85. The zero-order valence-corrected chi connectivity index (χ0v) is 11.2. The van der Waals surface area contributed by atoms with Crippen LogP contribution in [0.2, 0.25) is 0 Å². The Kier molecular flexibility index (Phi) is 2.93. The first-order chi connectivity index (χ1) is 9.13. The van der Waals surface area contributed by atoms with Gasteiger partial charge in [-0.05, 0) is 42.6 Å². The quantitative estimate of drug-likeness (QED) is 0.883. The normalized spacial score (nSPS) is 18.5. The molecule has 1 saturated carbocycles. The summed E-state index contributed by atoms with van der Waals surface area (Å²) in [5.74, 6) is -0.631. The fourth-order valence-electron chi connectivity index (χ4n) is 2.98. The Bertz CT molecular complexity index is 629. The summed E-state index contributed by atoms with van der Waals surface area (Å²) < 4.78 is 5.33. The van der Waals surface area contributed by atoms with Crippen LogP contribution >= 0.6 is 11.5 Å². The summed E-state index contributed by atoms with van der Waals surface area (Å²) in [6.07, 6.45) is 4.20. The summed E-state index contributed by atoms with van der Waals surface area (Å²) in [6.45, 7) is 0. The fraction of sp³-hybridized carbons (Fsp3) is 0.429. The Morgan fingerprint density at radius 2 is 2.00 bits per heavy atom. The van der Waals surface area contributed by atoms with E-state index < -0.39 is 11.4 Å². The maximum Gasteiger partial charge on any atom is 0.315 e. The zero-order chi connectivity index (χ0) is 13.5. The fourth-order valence-corrected chi connectivity index (χ4v) is 3.82. The van der Waals surface area contributed by atoms with Crippen LogP contribution in [0.5, 0.6) is 5.75 Å². The topological polar surface area (TPSA) is 70.4 Å². The number of aromatic nitrogens is 1. The third-order valence-electron chi connectivity index (χ3n) is 4.02. The maximum atomic E-state index is 11.8. The van der Waals surface area contributed by atoms with Crippen LogP contribution < -0.4 is 0 Å². The second-order valence-electron chi connectivity index (χ2n) is 5.16. The van der Waals surface area contributed by atoms with Gasteiger partial charge in [0.2, 0.25) is 0 Å². The molecule has 0 aliphatic heterocycles. The molecule has 1 aliphatic carbocycles. The number of rotatable bonds is 2. The molecule has 2 N–H and O–H groups in total. The molecule has 0 radical (unpaired) electrons. The number of aromatic hydroxyl groups is 1. The van der Waals surface area contributed by atoms with E-state index in [0.29, 0.717) is 18.5 Å². The van der Waals surface area contributed by atoms with Gasteiger partial charge in [-0.1, -0.05) is 19.3 Å². The van der Waals surface area contributed by atoms with E-state index in [1.807, 2.05) is 0 Å². The van der Waals surface area contributed by atoms with Gasteiger partial charge in [0, 0.05) is 5.39 Å². The van der Waals surface area contributed by atoms with Crippen LogP contribution in [0.4, 0.5) is 0 Å². The highest BCUT2D eigenvalue weighted by Gasteiger charge is 2.44. The molecule has 1 aromatic heterocycles. The maximum absolute atomic E-state index is 11.8. The minimum absolute atomic E-state index is 0.158. The summed E-state index contributed by atoms with van der Waals surface area (Å²) in [6, 6.07) is 5.04. The van der Waals surface area contributed by atoms with Gasteiger partial charge in [-0.3, -0.25) is 4.79 Å². The highest BCUT2D eigenvalue weighted by Crippen LogP contribution is 2.43. The van der Waals surface area contributed by atoms with Crippen molar-refractivity contribution in [2.45, 2.75) is 37.5 Å². The second-order valence-corrected chi connectivity index (χ2v) is 5.96. The van der Waals surface area contributed by atoms with Crippen molar-refractivity contribution >= 4 is 27.6 Å². The van der Waals surface area contributed by atoms with Gasteiger partial charge in [0.15, 0.2) is 0 Å². The molecule has 4 nitrogen and oxygen atoms in total. The van der Waals surface area contributed by atoms with E-state index in [9.17, 15) is 15.0 Å². The number of phenolic OH excluding ortho intramolecular Hbond substituents is 1. The largest absolute Gasteiger partial charge is 0.508 e. The molecule has 0 unspecified atom stereocenters. The molecule has 0 saturated heterocycles. The van der Waals surface area contributed by atoms with Crippen LogP contribution in [0.25, 0.3) is 10.1 Å². The van der Waals surface area contributed by atoms with Crippen LogP contribution in [0.1, 0.15) is 37.8 Å². The summed E-state index contributed by atoms with van der Waals surface area (Å²) in [7, 11) is 0. The zero-order valence-electron chi connectivity index (χ0n) is 10.4. The lowest BCUT2D eigenvalue weighted by Gasteiger charge is -2.31. The van der Waals surface area contributed by atoms with E-state index >= 15 is 0 Å². The molecular formula is C14H15NO3S. The van der Waals surface area contributed by atoms with Crippen molar-refractivity contribution in [1.82, 2.24) is 4.37 Å². The van der Waals surface area contributed by atoms with Crippen molar-refractivity contribution in [1.29, 1.82) is 0 Å². The monoisotopic (exact) mass is 277 g/mol. The second kappa shape index (κ2) is 4.49. The number of carbonyl (C=O) groups is 1. The van der Waals surface area contributed by atoms with Gasteiger partial charge < -0.3 is 10.2 Å². The molecule has 5 heteroatoms. The Balaban J connectivity index is 2.20. The smallest absolute Gasteiger partial charge is 0.315 e. The van der Waals surface area contributed by atoms with Gasteiger partial charge in [-0.2, -0.15) is 4.37 Å². The van der Waals surface area contributed by atoms with Crippen molar-refractivity contribution in [2.24, 2.45) is 0 Å². The minimum Gasteiger partial charge on any atom is -0.508 e. The average molecular weight is 277 g/mol. The van der Waals surface area contributed by atoms with Crippen LogP contribution in [0.3, 0.4) is 0 Å². The molecule has 1 aromatic carbocycles. The average Bonchev–Trinajstić information content (AvgIpc) is 2.82. The Morgan fingerprint density at radius 1 is 1.26 bits per heavy atom. The van der Waals surface area contributed by atoms with E-state index in [2.05, 4.69) is 4.37 Å². The summed E-state index contributed by atoms with van der Waals surface area (Å²) in [5.41, 5.74) is -0.236. The highest BCUT2D eigenvalue weighted by atomic mass is 32.1. The number of carboxylic acid groups (broad SMARTS) is 1. The summed E-state index contributed by atoms with van der Waals surface area (Å²) in [4.78, 5) is 11.8. The first kappa shape index (κ1) is 12.4. The van der Waals surface area contributed by atoms with E-state index in [4.69, 9.17) is 0 Å². The van der Waals surface area contributed by atoms with E-state index in [1.165, 1.54) is 11.5 Å². The molecule has 3 rings (SSSR count). The number of nitrogens with zero attached hydrogens (tertiary/aromatic N) is 1.